The number of carboxylic acids is 1. The van der Waals surface area contributed by atoms with Crippen LogP contribution in [-0.2, 0) is 22.9 Å². The van der Waals surface area contributed by atoms with Crippen molar-refractivity contribution in [1.29, 1.82) is 0 Å². The number of carboxylic acid groups (broad SMARTS) is 1. The standard InChI is InChI=1S/C17H16F3NO3S/c1-16(2,10-4-3-5-11(8-10)17(18,19)20)15(24)21-9-12-6-7-13(25-12)14(22)23/h3-8H,9H2,1-2H3,(H,21,24)(H,22,23). The SMILES string of the molecule is CC(C)(C(=O)NCc1ccc(C(=O)O)s1)c1cccc(C(F)(F)F)c1. The molecule has 0 spiro atoms. The van der Waals surface area contributed by atoms with Gasteiger partial charge in [-0.15, -0.1) is 11.3 Å². The molecule has 0 fully saturated rings. The van der Waals surface area contributed by atoms with E-state index in [-0.39, 0.29) is 17.0 Å². The Morgan fingerprint density at radius 1 is 1.12 bits per heavy atom. The minimum atomic E-state index is -4.48. The summed E-state index contributed by atoms with van der Waals surface area (Å²) in [5, 5.41) is 11.5. The van der Waals surface area contributed by atoms with Crippen LogP contribution in [0.15, 0.2) is 36.4 Å². The normalized spacial score (nSPS) is 12.0. The molecule has 8 heteroatoms. The number of benzene rings is 1. The minimum absolute atomic E-state index is 0.110. The van der Waals surface area contributed by atoms with Crippen molar-refractivity contribution < 1.29 is 27.9 Å². The van der Waals surface area contributed by atoms with E-state index >= 15 is 0 Å². The Morgan fingerprint density at radius 2 is 1.76 bits per heavy atom. The van der Waals surface area contributed by atoms with E-state index in [9.17, 15) is 22.8 Å². The summed E-state index contributed by atoms with van der Waals surface area (Å²) in [5.74, 6) is -1.50. The number of halogens is 3. The lowest BCUT2D eigenvalue weighted by Crippen LogP contribution is -2.39. The first-order chi connectivity index (χ1) is 11.5. The van der Waals surface area contributed by atoms with Crippen LogP contribution in [0.5, 0.6) is 0 Å². The first kappa shape index (κ1) is 19.0. The van der Waals surface area contributed by atoms with Gasteiger partial charge in [0, 0.05) is 4.88 Å². The number of alkyl halides is 3. The molecule has 1 amide bonds. The van der Waals surface area contributed by atoms with Crippen molar-refractivity contribution in [2.24, 2.45) is 0 Å². The van der Waals surface area contributed by atoms with Crippen LogP contribution in [0.3, 0.4) is 0 Å². The van der Waals surface area contributed by atoms with Crippen molar-refractivity contribution in [3.63, 3.8) is 0 Å². The molecule has 2 rings (SSSR count). The molecule has 0 saturated heterocycles. The number of thiophene rings is 1. The van der Waals surface area contributed by atoms with Gasteiger partial charge in [-0.1, -0.05) is 18.2 Å². The van der Waals surface area contributed by atoms with Gasteiger partial charge in [0.2, 0.25) is 5.91 Å². The highest BCUT2D eigenvalue weighted by Gasteiger charge is 2.34. The van der Waals surface area contributed by atoms with Gasteiger partial charge in [0.05, 0.1) is 17.5 Å². The number of hydrogen-bond donors (Lipinski definition) is 2. The number of carbonyl (C=O) groups excluding carboxylic acids is 1. The van der Waals surface area contributed by atoms with Gasteiger partial charge in [0.25, 0.3) is 0 Å². The molecule has 1 aromatic heterocycles. The van der Waals surface area contributed by atoms with Crippen LogP contribution < -0.4 is 5.32 Å². The zero-order valence-electron chi connectivity index (χ0n) is 13.5. The lowest BCUT2D eigenvalue weighted by atomic mass is 9.83. The smallest absolute Gasteiger partial charge is 0.416 e. The summed E-state index contributed by atoms with van der Waals surface area (Å²) in [6.45, 7) is 3.18. The van der Waals surface area contributed by atoms with Gasteiger partial charge in [-0.25, -0.2) is 4.79 Å². The van der Waals surface area contributed by atoms with Gasteiger partial charge in [-0.2, -0.15) is 13.2 Å². The fourth-order valence-electron chi connectivity index (χ4n) is 2.19. The quantitative estimate of drug-likeness (QED) is 0.833. The van der Waals surface area contributed by atoms with E-state index in [1.807, 2.05) is 0 Å². The molecule has 0 aliphatic heterocycles. The number of nitrogens with one attached hydrogen (secondary N) is 1. The average Bonchev–Trinajstić information content (AvgIpc) is 3.01. The van der Waals surface area contributed by atoms with Crippen LogP contribution in [-0.4, -0.2) is 17.0 Å². The van der Waals surface area contributed by atoms with Crippen LogP contribution in [0.25, 0.3) is 0 Å². The fraction of sp³-hybridized carbons (Fsp3) is 0.294. The zero-order valence-corrected chi connectivity index (χ0v) is 14.3. The Labute approximate surface area is 146 Å². The van der Waals surface area contributed by atoms with Crippen molar-refractivity contribution in [3.8, 4) is 0 Å². The summed E-state index contributed by atoms with van der Waals surface area (Å²) in [7, 11) is 0. The van der Waals surface area contributed by atoms with E-state index < -0.39 is 29.0 Å². The van der Waals surface area contributed by atoms with Crippen molar-refractivity contribution in [2.75, 3.05) is 0 Å². The fourth-order valence-corrected chi connectivity index (χ4v) is 2.98. The Morgan fingerprint density at radius 3 is 2.32 bits per heavy atom. The van der Waals surface area contributed by atoms with Crippen LogP contribution in [0.1, 0.15) is 39.5 Å². The summed E-state index contributed by atoms with van der Waals surface area (Å²) in [4.78, 5) is 24.1. The van der Waals surface area contributed by atoms with Crippen molar-refractivity contribution in [3.05, 3.63) is 57.3 Å². The number of amides is 1. The first-order valence-corrected chi connectivity index (χ1v) is 8.11. The zero-order chi connectivity index (χ0) is 18.8. The lowest BCUT2D eigenvalue weighted by molar-refractivity contribution is -0.138. The lowest BCUT2D eigenvalue weighted by Gasteiger charge is -2.25. The van der Waals surface area contributed by atoms with Crippen molar-refractivity contribution >= 4 is 23.2 Å². The molecule has 0 atom stereocenters. The Balaban J connectivity index is 2.12. The molecule has 0 unspecified atom stereocenters. The molecule has 0 aliphatic carbocycles. The van der Waals surface area contributed by atoms with Gasteiger partial charge in [0.15, 0.2) is 0 Å². The number of rotatable bonds is 5. The summed E-state index contributed by atoms with van der Waals surface area (Å²) >= 11 is 1.03. The molecule has 134 valence electrons. The Kier molecular flexibility index (Phi) is 5.22. The third kappa shape index (κ3) is 4.39. The molecule has 2 aromatic rings. The maximum absolute atomic E-state index is 12.8. The molecule has 1 aromatic carbocycles. The van der Waals surface area contributed by atoms with Crippen LogP contribution in [0, 0.1) is 0 Å². The molecule has 0 bridgehead atoms. The predicted molar refractivity (Wildman–Crippen MR) is 87.6 cm³/mol. The molecule has 25 heavy (non-hydrogen) atoms. The second-order valence-corrected chi connectivity index (χ2v) is 7.13. The average molecular weight is 371 g/mol. The van der Waals surface area contributed by atoms with Crippen molar-refractivity contribution in [1.82, 2.24) is 5.32 Å². The highest BCUT2D eigenvalue weighted by Crippen LogP contribution is 2.33. The summed E-state index contributed by atoms with van der Waals surface area (Å²) in [6, 6.07) is 7.69. The van der Waals surface area contributed by atoms with E-state index in [1.165, 1.54) is 32.0 Å². The molecule has 4 nitrogen and oxygen atoms in total. The monoisotopic (exact) mass is 371 g/mol. The molecule has 0 radical (unpaired) electrons. The summed E-state index contributed by atoms with van der Waals surface area (Å²) in [5.41, 5.74) is -1.74. The maximum atomic E-state index is 12.8. The molecule has 2 N–H and O–H groups in total. The Hall–Kier alpha value is -2.35. The summed E-state index contributed by atoms with van der Waals surface area (Å²) < 4.78 is 38.5. The minimum Gasteiger partial charge on any atom is -0.477 e. The largest absolute Gasteiger partial charge is 0.477 e. The highest BCUT2D eigenvalue weighted by molar-refractivity contribution is 7.13. The predicted octanol–water partition coefficient (Wildman–Crippen LogP) is 4.06. The topological polar surface area (TPSA) is 66.4 Å². The van der Waals surface area contributed by atoms with Crippen LogP contribution in [0.4, 0.5) is 13.2 Å². The molecule has 1 heterocycles. The molecular weight excluding hydrogens is 355 g/mol. The third-order valence-electron chi connectivity index (χ3n) is 3.77. The summed E-state index contributed by atoms with van der Waals surface area (Å²) in [6.07, 6.45) is -4.48. The Bertz CT molecular complexity index is 796. The van der Waals surface area contributed by atoms with E-state index in [0.29, 0.717) is 4.88 Å². The van der Waals surface area contributed by atoms with E-state index in [0.717, 1.165) is 23.5 Å². The third-order valence-corrected chi connectivity index (χ3v) is 4.85. The first-order valence-electron chi connectivity index (χ1n) is 7.30. The van der Waals surface area contributed by atoms with Gasteiger partial charge in [0.1, 0.15) is 4.88 Å². The van der Waals surface area contributed by atoms with Crippen LogP contribution >= 0.6 is 11.3 Å². The van der Waals surface area contributed by atoms with Crippen molar-refractivity contribution in [2.45, 2.75) is 32.0 Å². The van der Waals surface area contributed by atoms with E-state index in [4.69, 9.17) is 5.11 Å². The van der Waals surface area contributed by atoms with Gasteiger partial charge in [-0.05, 0) is 37.6 Å². The second kappa shape index (κ2) is 6.87. The molecular formula is C17H16F3NO3S. The second-order valence-electron chi connectivity index (χ2n) is 5.96. The molecule has 0 aliphatic rings. The molecule has 0 saturated carbocycles. The number of hydrogen-bond acceptors (Lipinski definition) is 3. The van der Waals surface area contributed by atoms with Gasteiger partial charge in [-0.3, -0.25) is 4.79 Å². The number of aromatic carboxylic acids is 1. The highest BCUT2D eigenvalue weighted by atomic mass is 32.1. The van der Waals surface area contributed by atoms with Gasteiger partial charge < -0.3 is 10.4 Å². The van der Waals surface area contributed by atoms with Crippen LogP contribution in [0.2, 0.25) is 0 Å². The number of carbonyl (C=O) groups is 2. The van der Waals surface area contributed by atoms with E-state index in [2.05, 4.69) is 5.32 Å². The maximum Gasteiger partial charge on any atom is 0.416 e. The van der Waals surface area contributed by atoms with E-state index in [1.54, 1.807) is 6.07 Å². The van der Waals surface area contributed by atoms with Gasteiger partial charge >= 0.3 is 12.1 Å².